The van der Waals surface area contributed by atoms with Gasteiger partial charge in [0.05, 0.1) is 37.9 Å². The lowest BCUT2D eigenvalue weighted by atomic mass is 9.58. The monoisotopic (exact) mass is 251 g/mol. The van der Waals surface area contributed by atoms with Gasteiger partial charge in [0.25, 0.3) is 0 Å². The second kappa shape index (κ2) is 3.74. The average molecular weight is 251 g/mol. The highest BCUT2D eigenvalue weighted by molar-refractivity contribution is 5.38. The SMILES string of the molecule is N#CC1(C2(c3cc(F)ccc3F)COC2)COC1. The van der Waals surface area contributed by atoms with Crippen LogP contribution in [0.3, 0.4) is 0 Å². The lowest BCUT2D eigenvalue weighted by Crippen LogP contribution is -2.66. The number of benzene rings is 1. The molecule has 3 nitrogen and oxygen atoms in total. The van der Waals surface area contributed by atoms with Crippen LogP contribution in [0.2, 0.25) is 0 Å². The number of hydrogen-bond donors (Lipinski definition) is 0. The van der Waals surface area contributed by atoms with Crippen molar-refractivity contribution >= 4 is 0 Å². The van der Waals surface area contributed by atoms with Crippen molar-refractivity contribution in [3.63, 3.8) is 0 Å². The maximum absolute atomic E-state index is 13.9. The van der Waals surface area contributed by atoms with E-state index in [0.29, 0.717) is 0 Å². The zero-order chi connectivity index (χ0) is 12.8. The molecule has 0 unspecified atom stereocenters. The van der Waals surface area contributed by atoms with Crippen molar-refractivity contribution in [1.29, 1.82) is 5.26 Å². The minimum atomic E-state index is -0.806. The number of hydrogen-bond acceptors (Lipinski definition) is 3. The topological polar surface area (TPSA) is 42.2 Å². The Morgan fingerprint density at radius 1 is 1.11 bits per heavy atom. The number of halogens is 2. The van der Waals surface area contributed by atoms with E-state index in [4.69, 9.17) is 9.47 Å². The molecule has 0 bridgehead atoms. The molecule has 2 aliphatic rings. The van der Waals surface area contributed by atoms with Crippen molar-refractivity contribution in [2.75, 3.05) is 26.4 Å². The van der Waals surface area contributed by atoms with Gasteiger partial charge in [0.15, 0.2) is 0 Å². The molecule has 2 heterocycles. The first-order valence-corrected chi connectivity index (χ1v) is 5.66. The Labute approximate surface area is 103 Å². The predicted octanol–water partition coefficient (Wildman–Crippen LogP) is 1.77. The van der Waals surface area contributed by atoms with Gasteiger partial charge in [0.2, 0.25) is 0 Å². The van der Waals surface area contributed by atoms with Crippen LogP contribution >= 0.6 is 0 Å². The van der Waals surface area contributed by atoms with Gasteiger partial charge in [-0.15, -0.1) is 0 Å². The van der Waals surface area contributed by atoms with Crippen LogP contribution in [0.15, 0.2) is 18.2 Å². The van der Waals surface area contributed by atoms with Crippen LogP contribution in [0.4, 0.5) is 8.78 Å². The zero-order valence-corrected chi connectivity index (χ0v) is 9.58. The van der Waals surface area contributed by atoms with E-state index >= 15 is 0 Å². The van der Waals surface area contributed by atoms with E-state index in [1.165, 1.54) is 0 Å². The standard InChI is InChI=1S/C13H11F2NO2/c14-9-1-2-11(15)10(3-9)13(7-18-8-13)12(4-16)5-17-6-12/h1-3H,5-8H2. The summed E-state index contributed by atoms with van der Waals surface area (Å²) in [6.45, 7) is 0.931. The Balaban J connectivity index is 2.12. The summed E-state index contributed by atoms with van der Waals surface area (Å²) in [6, 6.07) is 5.54. The van der Waals surface area contributed by atoms with E-state index in [0.717, 1.165) is 18.2 Å². The summed E-state index contributed by atoms with van der Waals surface area (Å²) in [5.74, 6) is -1.01. The minimum absolute atomic E-state index is 0.221. The molecule has 3 rings (SSSR count). The lowest BCUT2D eigenvalue weighted by molar-refractivity contribution is -0.202. The molecule has 2 aliphatic heterocycles. The molecule has 0 aromatic heterocycles. The molecule has 2 saturated heterocycles. The molecule has 0 amide bonds. The van der Waals surface area contributed by atoms with Crippen LogP contribution in [0.1, 0.15) is 5.56 Å². The molecule has 0 atom stereocenters. The summed E-state index contributed by atoms with van der Waals surface area (Å²) in [5, 5.41) is 9.36. The molecule has 0 saturated carbocycles. The van der Waals surface area contributed by atoms with Crippen LogP contribution in [0, 0.1) is 28.4 Å². The second-order valence-electron chi connectivity index (χ2n) is 4.89. The fourth-order valence-corrected chi connectivity index (χ4v) is 2.61. The highest BCUT2D eigenvalue weighted by atomic mass is 19.1. The first kappa shape index (κ1) is 11.6. The number of ether oxygens (including phenoxy) is 2. The smallest absolute Gasteiger partial charge is 0.127 e. The molecular weight excluding hydrogens is 240 g/mol. The highest BCUT2D eigenvalue weighted by Gasteiger charge is 2.62. The fourth-order valence-electron chi connectivity index (χ4n) is 2.61. The maximum atomic E-state index is 13.9. The van der Waals surface area contributed by atoms with Gasteiger partial charge in [-0.1, -0.05) is 0 Å². The van der Waals surface area contributed by atoms with Crippen LogP contribution < -0.4 is 0 Å². The summed E-state index contributed by atoms with van der Waals surface area (Å²) in [6.07, 6.45) is 0. The van der Waals surface area contributed by atoms with Gasteiger partial charge in [-0.3, -0.25) is 0 Å². The van der Waals surface area contributed by atoms with Crippen molar-refractivity contribution in [3.05, 3.63) is 35.4 Å². The number of rotatable bonds is 2. The highest BCUT2D eigenvalue weighted by Crippen LogP contribution is 2.52. The molecule has 94 valence electrons. The Hall–Kier alpha value is -1.51. The van der Waals surface area contributed by atoms with Gasteiger partial charge in [0, 0.05) is 5.56 Å². The molecule has 5 heteroatoms. The molecule has 1 aromatic carbocycles. The van der Waals surface area contributed by atoms with Crippen LogP contribution in [-0.4, -0.2) is 26.4 Å². The second-order valence-corrected chi connectivity index (χ2v) is 4.89. The normalized spacial score (nSPS) is 23.6. The Bertz CT molecular complexity index is 530. The van der Waals surface area contributed by atoms with Gasteiger partial charge in [-0.2, -0.15) is 5.26 Å². The first-order valence-electron chi connectivity index (χ1n) is 5.66. The van der Waals surface area contributed by atoms with Crippen molar-refractivity contribution in [3.8, 4) is 6.07 Å². The molecule has 0 aliphatic carbocycles. The molecule has 18 heavy (non-hydrogen) atoms. The Morgan fingerprint density at radius 3 is 2.22 bits per heavy atom. The summed E-state index contributed by atoms with van der Waals surface area (Å²) in [7, 11) is 0. The Morgan fingerprint density at radius 2 is 1.78 bits per heavy atom. The first-order chi connectivity index (χ1) is 8.63. The van der Waals surface area contributed by atoms with E-state index in [9.17, 15) is 14.0 Å². The summed E-state index contributed by atoms with van der Waals surface area (Å²) < 4.78 is 37.6. The summed E-state index contributed by atoms with van der Waals surface area (Å²) in [4.78, 5) is 0. The van der Waals surface area contributed by atoms with Gasteiger partial charge < -0.3 is 9.47 Å². The van der Waals surface area contributed by atoms with E-state index < -0.39 is 22.5 Å². The minimum Gasteiger partial charge on any atom is -0.379 e. The van der Waals surface area contributed by atoms with E-state index in [1.54, 1.807) is 0 Å². The predicted molar refractivity (Wildman–Crippen MR) is 57.7 cm³/mol. The fraction of sp³-hybridized carbons (Fsp3) is 0.462. The molecule has 0 spiro atoms. The summed E-state index contributed by atoms with van der Waals surface area (Å²) >= 11 is 0. The summed E-state index contributed by atoms with van der Waals surface area (Å²) in [5.41, 5.74) is -1.37. The average Bonchev–Trinajstić information content (AvgIpc) is 2.25. The third-order valence-electron chi connectivity index (χ3n) is 3.97. The molecular formula is C13H11F2NO2. The third-order valence-corrected chi connectivity index (χ3v) is 3.97. The molecule has 0 N–H and O–H groups in total. The van der Waals surface area contributed by atoms with Crippen LogP contribution in [-0.2, 0) is 14.9 Å². The van der Waals surface area contributed by atoms with E-state index in [-0.39, 0.29) is 32.0 Å². The third kappa shape index (κ3) is 1.27. The van der Waals surface area contributed by atoms with Crippen LogP contribution in [0.25, 0.3) is 0 Å². The number of nitriles is 1. The molecule has 2 fully saturated rings. The largest absolute Gasteiger partial charge is 0.379 e. The van der Waals surface area contributed by atoms with Gasteiger partial charge in [-0.05, 0) is 18.2 Å². The molecule has 0 radical (unpaired) electrons. The molecule has 1 aromatic rings. The zero-order valence-electron chi connectivity index (χ0n) is 9.58. The van der Waals surface area contributed by atoms with Crippen molar-refractivity contribution in [1.82, 2.24) is 0 Å². The van der Waals surface area contributed by atoms with E-state index in [1.807, 2.05) is 0 Å². The van der Waals surface area contributed by atoms with Gasteiger partial charge >= 0.3 is 0 Å². The van der Waals surface area contributed by atoms with Crippen molar-refractivity contribution < 1.29 is 18.3 Å². The van der Waals surface area contributed by atoms with Crippen LogP contribution in [0.5, 0.6) is 0 Å². The Kier molecular flexibility index (Phi) is 2.40. The van der Waals surface area contributed by atoms with E-state index in [2.05, 4.69) is 6.07 Å². The van der Waals surface area contributed by atoms with Gasteiger partial charge in [-0.25, -0.2) is 8.78 Å². The van der Waals surface area contributed by atoms with Crippen molar-refractivity contribution in [2.24, 2.45) is 5.41 Å². The maximum Gasteiger partial charge on any atom is 0.127 e. The van der Waals surface area contributed by atoms with Crippen molar-refractivity contribution in [2.45, 2.75) is 5.41 Å². The lowest BCUT2D eigenvalue weighted by Gasteiger charge is -2.55. The number of nitrogens with zero attached hydrogens (tertiary/aromatic N) is 1. The quantitative estimate of drug-likeness (QED) is 0.804. The van der Waals surface area contributed by atoms with Gasteiger partial charge in [0.1, 0.15) is 17.0 Å².